The topological polar surface area (TPSA) is 71.1 Å². The quantitative estimate of drug-likeness (QED) is 0.0219. The number of hydrogen-bond acceptors (Lipinski definition) is 7. The molecular weight excluding hydrogens is 685 g/mol. The van der Waals surface area contributed by atoms with Crippen LogP contribution in [0.1, 0.15) is 259 Å². The van der Waals surface area contributed by atoms with Gasteiger partial charge in [0, 0.05) is 18.1 Å². The molecule has 6 nitrogen and oxygen atoms in total. The molecule has 0 radical (unpaired) electrons. The molecule has 2 atom stereocenters. The van der Waals surface area contributed by atoms with Gasteiger partial charge in [-0.25, -0.2) is 9.46 Å². The summed E-state index contributed by atoms with van der Waals surface area (Å²) in [5.41, 5.74) is 0. The molecule has 0 rings (SSSR count). The van der Waals surface area contributed by atoms with Crippen molar-refractivity contribution in [2.24, 2.45) is 0 Å². The molecule has 0 saturated carbocycles. The van der Waals surface area contributed by atoms with Crippen LogP contribution in [0.25, 0.3) is 0 Å². The maximum absolute atomic E-state index is 12.7. The molecule has 0 bridgehead atoms. The van der Waals surface area contributed by atoms with Crippen molar-refractivity contribution in [3.8, 4) is 0 Å². The van der Waals surface area contributed by atoms with Gasteiger partial charge in [-0.3, -0.25) is 9.59 Å². The van der Waals surface area contributed by atoms with Gasteiger partial charge in [0.1, 0.15) is 6.10 Å². The number of unbranched alkanes of at least 4 members (excludes halogenated alkanes) is 30. The molecule has 0 aromatic heterocycles. The smallest absolute Gasteiger partial charge is 0.465 e. The number of hydrogen-bond donors (Lipinski definition) is 1. The molecule has 0 spiro atoms. The summed E-state index contributed by atoms with van der Waals surface area (Å²) in [6.45, 7) is 8.62. The molecule has 52 heavy (non-hydrogen) atoms. The second-order valence-corrected chi connectivity index (χ2v) is 17.5. The van der Waals surface area contributed by atoms with Gasteiger partial charge < -0.3 is 8.85 Å². The highest BCUT2D eigenvalue weighted by molar-refractivity contribution is 7.81. The van der Waals surface area contributed by atoms with Crippen LogP contribution in [0.5, 0.6) is 0 Å². The zero-order valence-electron chi connectivity index (χ0n) is 35.1. The summed E-state index contributed by atoms with van der Waals surface area (Å²) in [5.74, 6) is -0.736. The van der Waals surface area contributed by atoms with E-state index >= 15 is 0 Å². The fraction of sp³-hybridized carbons (Fsp3) is 0.955. The Kier molecular flexibility index (Phi) is 41.1. The third-order valence-corrected chi connectivity index (χ3v) is 12.2. The van der Waals surface area contributed by atoms with Gasteiger partial charge in [-0.15, -0.1) is 0 Å². The van der Waals surface area contributed by atoms with Crippen LogP contribution >= 0.6 is 12.6 Å². The minimum atomic E-state index is -3.12. The van der Waals surface area contributed by atoms with Crippen molar-refractivity contribution in [1.82, 2.24) is 0 Å². The Hall–Kier alpha value is -0.573. The first-order valence-electron chi connectivity index (χ1n) is 22.8. The first kappa shape index (κ1) is 51.4. The number of carbonyl (C=O) groups is 2. The van der Waals surface area contributed by atoms with E-state index in [0.717, 1.165) is 64.2 Å². The van der Waals surface area contributed by atoms with Gasteiger partial charge in [0.15, 0.2) is 0 Å². The van der Waals surface area contributed by atoms with E-state index in [1.54, 1.807) is 0 Å². The molecule has 0 aliphatic heterocycles. The van der Waals surface area contributed by atoms with Crippen LogP contribution < -0.4 is 0 Å². The highest BCUT2D eigenvalue weighted by Gasteiger charge is 2.28. The van der Waals surface area contributed by atoms with Gasteiger partial charge in [0.2, 0.25) is 0 Å². The molecule has 0 heterocycles. The lowest BCUT2D eigenvalue weighted by Crippen LogP contribution is -2.35. The Morgan fingerprint density at radius 2 is 0.712 bits per heavy atom. The minimum Gasteiger partial charge on any atom is -0.465 e. The van der Waals surface area contributed by atoms with Crippen molar-refractivity contribution in [3.63, 3.8) is 0 Å². The van der Waals surface area contributed by atoms with Crippen LogP contribution in [0.4, 0.5) is 0 Å². The first-order chi connectivity index (χ1) is 25.4. The van der Waals surface area contributed by atoms with Crippen LogP contribution in [0.2, 0.25) is 0 Å². The number of rotatable bonds is 42. The molecule has 0 aliphatic carbocycles. The molecule has 0 amide bonds. The molecule has 310 valence electrons. The first-order valence-corrected chi connectivity index (χ1v) is 24.8. The van der Waals surface area contributed by atoms with Crippen molar-refractivity contribution < 1.29 is 27.9 Å². The summed E-state index contributed by atoms with van der Waals surface area (Å²) in [4.78, 5) is 31.0. The van der Waals surface area contributed by atoms with E-state index in [2.05, 4.69) is 33.4 Å². The molecule has 0 fully saturated rings. The van der Waals surface area contributed by atoms with Gasteiger partial charge in [-0.2, -0.15) is 12.6 Å². The SMILES string of the molecule is CCCCCCCCCCCCCCCCCC(=O)O[SiH](OOC(C)C(S)CCCCC)OC(=O)CCCCCCCCCCCCCCCCC. The highest BCUT2D eigenvalue weighted by Crippen LogP contribution is 2.18. The van der Waals surface area contributed by atoms with Crippen LogP contribution in [0.15, 0.2) is 0 Å². The molecule has 0 aliphatic rings. The van der Waals surface area contributed by atoms with Crippen molar-refractivity contribution in [2.45, 2.75) is 270 Å². The maximum Gasteiger partial charge on any atom is 0.647 e. The van der Waals surface area contributed by atoms with E-state index in [0.29, 0.717) is 12.8 Å². The van der Waals surface area contributed by atoms with Gasteiger partial charge in [-0.1, -0.05) is 220 Å². The Labute approximate surface area is 331 Å². The molecule has 0 aromatic rings. The van der Waals surface area contributed by atoms with Gasteiger partial charge in [0.25, 0.3) is 11.9 Å². The summed E-state index contributed by atoms with van der Waals surface area (Å²) in [7, 11) is -3.12. The predicted octanol–water partition coefficient (Wildman–Crippen LogP) is 14.5. The standard InChI is InChI=1S/C44H88O6SSi/c1-5-8-11-13-15-17-19-21-23-25-27-29-31-33-36-39-43(45)48-52(50-47-41(4)42(51)38-35-10-7-3)49-44(46)40-37-34-32-30-28-26-24-22-20-18-16-14-12-9-6-2/h41-42,51-52H,5-40H2,1-4H3. The Morgan fingerprint density at radius 3 is 1.02 bits per heavy atom. The minimum absolute atomic E-state index is 0.00626. The van der Waals surface area contributed by atoms with Crippen LogP contribution in [-0.2, 0) is 27.9 Å². The predicted molar refractivity (Wildman–Crippen MR) is 227 cm³/mol. The largest absolute Gasteiger partial charge is 0.647 e. The highest BCUT2D eigenvalue weighted by atomic mass is 32.1. The molecular formula is C44H88O6SSi. The van der Waals surface area contributed by atoms with Gasteiger partial charge in [0.05, 0.1) is 0 Å². The Bertz CT molecular complexity index is 708. The Balaban J connectivity index is 4.23. The van der Waals surface area contributed by atoms with E-state index in [-0.39, 0.29) is 23.3 Å². The average molecular weight is 773 g/mol. The van der Waals surface area contributed by atoms with Crippen molar-refractivity contribution in [2.75, 3.05) is 0 Å². The van der Waals surface area contributed by atoms with E-state index in [1.807, 2.05) is 6.92 Å². The van der Waals surface area contributed by atoms with Crippen molar-refractivity contribution in [3.05, 3.63) is 0 Å². The summed E-state index contributed by atoms with van der Waals surface area (Å²) in [5, 5.41) is -0.00626. The third kappa shape index (κ3) is 37.7. The zero-order chi connectivity index (χ0) is 38.2. The van der Waals surface area contributed by atoms with E-state index in [9.17, 15) is 9.59 Å². The second kappa shape index (κ2) is 41.6. The fourth-order valence-corrected chi connectivity index (χ4v) is 8.00. The molecule has 0 aromatic carbocycles. The van der Waals surface area contributed by atoms with Crippen LogP contribution in [-0.4, -0.2) is 32.8 Å². The van der Waals surface area contributed by atoms with E-state index in [4.69, 9.17) is 18.3 Å². The summed E-state index contributed by atoms with van der Waals surface area (Å²) in [6.07, 6.45) is 42.9. The zero-order valence-corrected chi connectivity index (χ0v) is 37.1. The Morgan fingerprint density at radius 1 is 0.442 bits per heavy atom. The van der Waals surface area contributed by atoms with Crippen LogP contribution in [0, 0.1) is 0 Å². The molecule has 8 heteroatoms. The monoisotopic (exact) mass is 773 g/mol. The average Bonchev–Trinajstić information content (AvgIpc) is 3.13. The lowest BCUT2D eigenvalue weighted by atomic mass is 10.0. The lowest BCUT2D eigenvalue weighted by molar-refractivity contribution is -0.267. The third-order valence-electron chi connectivity index (χ3n) is 10.4. The van der Waals surface area contributed by atoms with Crippen molar-refractivity contribution >= 4 is 34.1 Å². The van der Waals surface area contributed by atoms with E-state index < -0.39 is 9.53 Å². The summed E-state index contributed by atoms with van der Waals surface area (Å²) in [6, 6.07) is 0. The summed E-state index contributed by atoms with van der Waals surface area (Å²) < 4.78 is 16.7. The van der Waals surface area contributed by atoms with Gasteiger partial charge >= 0.3 is 9.53 Å². The molecule has 0 saturated heterocycles. The number of thiol groups is 1. The lowest BCUT2D eigenvalue weighted by Gasteiger charge is -2.21. The number of carbonyl (C=O) groups excluding carboxylic acids is 2. The summed E-state index contributed by atoms with van der Waals surface area (Å²) >= 11 is 4.67. The molecule has 0 N–H and O–H groups in total. The normalized spacial score (nSPS) is 12.7. The van der Waals surface area contributed by atoms with Crippen LogP contribution in [0.3, 0.4) is 0 Å². The molecule has 2 unspecified atom stereocenters. The maximum atomic E-state index is 12.7. The van der Waals surface area contributed by atoms with Gasteiger partial charge in [-0.05, 0) is 26.2 Å². The second-order valence-electron chi connectivity index (χ2n) is 15.6. The van der Waals surface area contributed by atoms with Crippen molar-refractivity contribution in [1.29, 1.82) is 0 Å². The fourth-order valence-electron chi connectivity index (χ4n) is 6.71. The van der Waals surface area contributed by atoms with E-state index in [1.165, 1.54) is 154 Å².